The van der Waals surface area contributed by atoms with E-state index < -0.39 is 11.7 Å². The van der Waals surface area contributed by atoms with Gasteiger partial charge in [0.25, 0.3) is 0 Å². The monoisotopic (exact) mass is 259 g/mol. The molecule has 1 fully saturated rings. The third kappa shape index (κ3) is 3.46. The fourth-order valence-corrected chi connectivity index (χ4v) is 2.28. The lowest BCUT2D eigenvalue weighted by Gasteiger charge is -2.30. The average molecular weight is 259 g/mol. The summed E-state index contributed by atoms with van der Waals surface area (Å²) in [6.45, 7) is 1.82. The Labute approximate surface area is 104 Å². The van der Waals surface area contributed by atoms with Crippen LogP contribution in [-0.2, 0) is 12.7 Å². The number of halogens is 3. The number of nitrogens with zero attached hydrogens (tertiary/aromatic N) is 1. The quantitative estimate of drug-likeness (QED) is 0.882. The van der Waals surface area contributed by atoms with E-state index in [0.717, 1.165) is 25.5 Å². The molecule has 0 amide bonds. The first-order chi connectivity index (χ1) is 8.45. The summed E-state index contributed by atoms with van der Waals surface area (Å²) in [6, 6.07) is 5.38. The van der Waals surface area contributed by atoms with Crippen molar-refractivity contribution < 1.29 is 18.3 Å². The first-order valence-electron chi connectivity index (χ1n) is 6.02. The molecule has 1 aliphatic rings. The Kier molecular flexibility index (Phi) is 3.92. The van der Waals surface area contributed by atoms with Crippen molar-refractivity contribution in [1.82, 2.24) is 4.90 Å². The summed E-state index contributed by atoms with van der Waals surface area (Å²) >= 11 is 0. The highest BCUT2D eigenvalue weighted by Crippen LogP contribution is 2.29. The predicted octanol–water partition coefficient (Wildman–Crippen LogP) is 2.66. The second-order valence-corrected chi connectivity index (χ2v) is 4.73. The lowest BCUT2D eigenvalue weighted by Crippen LogP contribution is -2.37. The van der Waals surface area contributed by atoms with Gasteiger partial charge in [0.05, 0.1) is 11.7 Å². The average Bonchev–Trinajstić information content (AvgIpc) is 2.28. The maximum atomic E-state index is 12.6. The van der Waals surface area contributed by atoms with Gasteiger partial charge in [-0.05, 0) is 31.0 Å². The van der Waals surface area contributed by atoms with Crippen LogP contribution in [0, 0.1) is 0 Å². The summed E-state index contributed by atoms with van der Waals surface area (Å²) in [6.07, 6.45) is -2.99. The van der Waals surface area contributed by atoms with E-state index in [-0.39, 0.29) is 6.10 Å². The van der Waals surface area contributed by atoms with Gasteiger partial charge in [-0.1, -0.05) is 18.2 Å². The number of hydrogen-bond acceptors (Lipinski definition) is 2. The van der Waals surface area contributed by atoms with Gasteiger partial charge in [-0.25, -0.2) is 0 Å². The number of β-amino-alcohol motifs (C(OH)–C–C–N with tert-alkyl or cyclic N) is 1. The predicted molar refractivity (Wildman–Crippen MR) is 62.0 cm³/mol. The first-order valence-corrected chi connectivity index (χ1v) is 6.02. The van der Waals surface area contributed by atoms with E-state index in [1.165, 1.54) is 12.1 Å². The zero-order valence-corrected chi connectivity index (χ0v) is 9.95. The molecule has 1 N–H and O–H groups in total. The molecule has 18 heavy (non-hydrogen) atoms. The molecule has 1 aliphatic heterocycles. The number of hydrogen-bond donors (Lipinski definition) is 1. The Bertz CT molecular complexity index is 405. The SMILES string of the molecule is O[C@@H]1CCCN(Cc2cccc(C(F)(F)F)c2)C1. The van der Waals surface area contributed by atoms with Crippen molar-refractivity contribution in [2.75, 3.05) is 13.1 Å². The third-order valence-corrected chi connectivity index (χ3v) is 3.14. The molecule has 1 heterocycles. The summed E-state index contributed by atoms with van der Waals surface area (Å²) in [7, 11) is 0. The summed E-state index contributed by atoms with van der Waals surface area (Å²) in [4.78, 5) is 1.99. The van der Waals surface area contributed by atoms with E-state index in [0.29, 0.717) is 18.7 Å². The van der Waals surface area contributed by atoms with Crippen molar-refractivity contribution in [3.8, 4) is 0 Å². The number of piperidine rings is 1. The highest BCUT2D eigenvalue weighted by molar-refractivity contribution is 5.25. The second-order valence-electron chi connectivity index (χ2n) is 4.73. The van der Waals surface area contributed by atoms with Crippen molar-refractivity contribution in [3.05, 3.63) is 35.4 Å². The lowest BCUT2D eigenvalue weighted by molar-refractivity contribution is -0.137. The van der Waals surface area contributed by atoms with Gasteiger partial charge in [0, 0.05) is 13.1 Å². The van der Waals surface area contributed by atoms with Gasteiger partial charge >= 0.3 is 6.18 Å². The highest BCUT2D eigenvalue weighted by atomic mass is 19.4. The van der Waals surface area contributed by atoms with Crippen molar-refractivity contribution in [3.63, 3.8) is 0 Å². The number of aliphatic hydroxyl groups is 1. The fourth-order valence-electron chi connectivity index (χ4n) is 2.28. The second kappa shape index (κ2) is 5.28. The summed E-state index contributed by atoms with van der Waals surface area (Å²) in [5.41, 5.74) is 0.0245. The van der Waals surface area contributed by atoms with Crippen molar-refractivity contribution in [2.45, 2.75) is 31.7 Å². The molecular weight excluding hydrogens is 243 g/mol. The molecule has 100 valence electrons. The molecule has 0 saturated carbocycles. The molecule has 1 saturated heterocycles. The molecule has 5 heteroatoms. The molecule has 0 bridgehead atoms. The first kappa shape index (κ1) is 13.4. The molecule has 1 aromatic rings. The van der Waals surface area contributed by atoms with E-state index in [1.54, 1.807) is 6.07 Å². The topological polar surface area (TPSA) is 23.5 Å². The number of rotatable bonds is 2. The highest BCUT2D eigenvalue weighted by Gasteiger charge is 2.30. The standard InChI is InChI=1S/C13H16F3NO/c14-13(15,16)11-4-1-3-10(7-11)8-17-6-2-5-12(18)9-17/h1,3-4,7,12,18H,2,5-6,8-9H2/t12-/m1/s1. The van der Waals surface area contributed by atoms with Crippen LogP contribution in [0.4, 0.5) is 13.2 Å². The molecule has 1 aromatic carbocycles. The van der Waals surface area contributed by atoms with Crippen molar-refractivity contribution >= 4 is 0 Å². The van der Waals surface area contributed by atoms with Crippen LogP contribution >= 0.6 is 0 Å². The molecular formula is C13H16F3NO. The van der Waals surface area contributed by atoms with Crippen LogP contribution in [0.1, 0.15) is 24.0 Å². The minimum Gasteiger partial charge on any atom is -0.392 e. The van der Waals surface area contributed by atoms with Crippen LogP contribution in [0.5, 0.6) is 0 Å². The van der Waals surface area contributed by atoms with E-state index in [9.17, 15) is 18.3 Å². The zero-order chi connectivity index (χ0) is 13.2. The Hall–Kier alpha value is -1.07. The van der Waals surface area contributed by atoms with Gasteiger partial charge in [-0.2, -0.15) is 13.2 Å². The summed E-state index contributed by atoms with van der Waals surface area (Å²) in [5, 5.41) is 9.52. The van der Waals surface area contributed by atoms with Crippen LogP contribution < -0.4 is 0 Å². The number of aliphatic hydroxyl groups excluding tert-OH is 1. The molecule has 2 rings (SSSR count). The lowest BCUT2D eigenvalue weighted by atomic mass is 10.1. The van der Waals surface area contributed by atoms with Gasteiger partial charge in [-0.3, -0.25) is 4.90 Å². The number of alkyl halides is 3. The molecule has 0 aromatic heterocycles. The van der Waals surface area contributed by atoms with E-state index in [1.807, 2.05) is 4.90 Å². The van der Waals surface area contributed by atoms with Crippen molar-refractivity contribution in [1.29, 1.82) is 0 Å². The van der Waals surface area contributed by atoms with Crippen LogP contribution in [0.15, 0.2) is 24.3 Å². The van der Waals surface area contributed by atoms with Crippen LogP contribution in [-0.4, -0.2) is 29.2 Å². The van der Waals surface area contributed by atoms with Gasteiger partial charge < -0.3 is 5.11 Å². The molecule has 0 spiro atoms. The Morgan fingerprint density at radius 1 is 1.33 bits per heavy atom. The Morgan fingerprint density at radius 3 is 2.78 bits per heavy atom. The number of benzene rings is 1. The molecule has 1 atom stereocenters. The number of likely N-dealkylation sites (tertiary alicyclic amines) is 1. The minimum absolute atomic E-state index is 0.357. The maximum absolute atomic E-state index is 12.6. The molecule has 0 radical (unpaired) electrons. The smallest absolute Gasteiger partial charge is 0.392 e. The molecule has 2 nitrogen and oxygen atoms in total. The maximum Gasteiger partial charge on any atom is 0.416 e. The van der Waals surface area contributed by atoms with E-state index in [2.05, 4.69) is 0 Å². The fraction of sp³-hybridized carbons (Fsp3) is 0.538. The van der Waals surface area contributed by atoms with E-state index in [4.69, 9.17) is 0 Å². The molecule has 0 aliphatic carbocycles. The Morgan fingerprint density at radius 2 is 2.11 bits per heavy atom. The minimum atomic E-state index is -4.29. The summed E-state index contributed by atoms with van der Waals surface area (Å²) < 4.78 is 37.7. The van der Waals surface area contributed by atoms with Gasteiger partial charge in [0.2, 0.25) is 0 Å². The van der Waals surface area contributed by atoms with Crippen LogP contribution in [0.25, 0.3) is 0 Å². The largest absolute Gasteiger partial charge is 0.416 e. The van der Waals surface area contributed by atoms with Gasteiger partial charge in [-0.15, -0.1) is 0 Å². The van der Waals surface area contributed by atoms with Crippen LogP contribution in [0.3, 0.4) is 0 Å². The molecule has 0 unspecified atom stereocenters. The third-order valence-electron chi connectivity index (χ3n) is 3.14. The summed E-state index contributed by atoms with van der Waals surface area (Å²) in [5.74, 6) is 0. The van der Waals surface area contributed by atoms with Crippen molar-refractivity contribution in [2.24, 2.45) is 0 Å². The van der Waals surface area contributed by atoms with Gasteiger partial charge in [0.1, 0.15) is 0 Å². The van der Waals surface area contributed by atoms with Crippen LogP contribution in [0.2, 0.25) is 0 Å². The van der Waals surface area contributed by atoms with Gasteiger partial charge in [0.15, 0.2) is 0 Å². The van der Waals surface area contributed by atoms with E-state index >= 15 is 0 Å². The Balaban J connectivity index is 2.05. The normalized spacial score (nSPS) is 22.1. The zero-order valence-electron chi connectivity index (χ0n) is 9.95.